The Morgan fingerprint density at radius 1 is 0.771 bits per heavy atom. The maximum atomic E-state index is 13.5. The van der Waals surface area contributed by atoms with Crippen molar-refractivity contribution in [1.29, 1.82) is 0 Å². The number of para-hydroxylation sites is 1. The number of hydrogen-bond acceptors (Lipinski definition) is 17. The first kappa shape index (κ1) is 64.1. The number of rotatable bonds is 32. The molecule has 0 bridgehead atoms. The number of carbonyl (C=O) groups is 2. The van der Waals surface area contributed by atoms with E-state index in [1.165, 1.54) is 35.1 Å². The Labute approximate surface area is 485 Å². The van der Waals surface area contributed by atoms with Crippen LogP contribution >= 0.6 is 9.50 Å². The number of sulfonamides is 1. The molecule has 4 aromatic rings. The lowest BCUT2D eigenvalue weighted by molar-refractivity contribution is -0.123. The predicted octanol–water partition coefficient (Wildman–Crippen LogP) is 5.87. The van der Waals surface area contributed by atoms with Gasteiger partial charge in [0.25, 0.3) is 0 Å². The molecule has 450 valence electrons. The van der Waals surface area contributed by atoms with Gasteiger partial charge in [-0.1, -0.05) is 48.0 Å². The van der Waals surface area contributed by atoms with Crippen LogP contribution in [0.1, 0.15) is 51.8 Å². The molecule has 7 N–H and O–H groups in total. The first-order valence-corrected chi connectivity index (χ1v) is 32.6. The van der Waals surface area contributed by atoms with Crippen LogP contribution in [0.5, 0.6) is 0 Å². The second-order valence-corrected chi connectivity index (χ2v) is 25.4. The van der Waals surface area contributed by atoms with E-state index >= 15 is 0 Å². The lowest BCUT2D eigenvalue weighted by Gasteiger charge is -2.38. The van der Waals surface area contributed by atoms with Crippen molar-refractivity contribution in [3.05, 3.63) is 119 Å². The van der Waals surface area contributed by atoms with Crippen molar-refractivity contribution >= 4 is 69.2 Å². The number of hydrogen-bond donors (Lipinski definition) is 6. The molecule has 1 aromatic heterocycles. The number of fused-ring (bicyclic) bond motifs is 2. The largest absolute Gasteiger partial charge is 0.744 e. The maximum absolute atomic E-state index is 13.5. The minimum Gasteiger partial charge on any atom is -0.744 e. The van der Waals surface area contributed by atoms with Gasteiger partial charge in [0.15, 0.2) is 5.58 Å². The molecule has 0 saturated carbocycles. The van der Waals surface area contributed by atoms with Gasteiger partial charge in [-0.15, -0.1) is 0 Å². The number of ether oxygens (including phenoxy) is 4. The highest BCUT2D eigenvalue weighted by molar-refractivity contribution is 8.39. The smallest absolute Gasteiger partial charge is 0.240 e. The average Bonchev–Trinajstić information content (AvgIpc) is 2.01. The van der Waals surface area contributed by atoms with Crippen molar-refractivity contribution in [3.8, 4) is 33.7 Å². The normalized spacial score (nSPS) is 14.4. The van der Waals surface area contributed by atoms with Gasteiger partial charge in [-0.05, 0) is 77.1 Å². The zero-order chi connectivity index (χ0) is 59.8. The van der Waals surface area contributed by atoms with Gasteiger partial charge in [0, 0.05) is 96.5 Å². The summed E-state index contributed by atoms with van der Waals surface area (Å²) in [4.78, 5) is 26.0. The van der Waals surface area contributed by atoms with E-state index in [0.29, 0.717) is 58.8 Å². The summed E-state index contributed by atoms with van der Waals surface area (Å²) >= 11 is 0. The lowest BCUT2D eigenvalue weighted by atomic mass is 9.93. The van der Waals surface area contributed by atoms with E-state index in [-0.39, 0.29) is 103 Å². The minimum atomic E-state index is -5.22. The molecule has 0 unspecified atom stereocenters. The third-order valence-corrected chi connectivity index (χ3v) is 17.4. The molecular weight excluding hydrogens is 1130 g/mol. The zero-order valence-corrected chi connectivity index (χ0v) is 50.0. The van der Waals surface area contributed by atoms with Crippen LogP contribution in [0.15, 0.2) is 117 Å². The fourth-order valence-corrected chi connectivity index (χ4v) is 12.0. The Hall–Kier alpha value is -6.46. The fraction of sp³-hybridized carbons (Fsp3) is 0.397. The van der Waals surface area contributed by atoms with Gasteiger partial charge in [0.1, 0.15) is 29.0 Å². The van der Waals surface area contributed by atoms with E-state index in [0.717, 1.165) is 47.0 Å². The van der Waals surface area contributed by atoms with Crippen molar-refractivity contribution in [1.82, 2.24) is 29.7 Å². The van der Waals surface area contributed by atoms with Crippen molar-refractivity contribution < 1.29 is 63.4 Å². The molecule has 3 aromatic carbocycles. The number of anilines is 1. The van der Waals surface area contributed by atoms with Crippen LogP contribution < -0.4 is 35.3 Å². The highest BCUT2D eigenvalue weighted by atomic mass is 32.3. The minimum absolute atomic E-state index is 0.0194. The molecule has 25 heteroatoms. The van der Waals surface area contributed by atoms with Gasteiger partial charge >= 0.3 is 0 Å². The van der Waals surface area contributed by atoms with E-state index < -0.39 is 39.4 Å². The first-order chi connectivity index (χ1) is 39.6. The van der Waals surface area contributed by atoms with E-state index in [1.807, 2.05) is 95.3 Å². The van der Waals surface area contributed by atoms with E-state index in [9.17, 15) is 40.1 Å². The number of allylic oxidation sites excluding steroid dienone is 3. The molecule has 7 rings (SSSR count). The number of benzene rings is 4. The molecule has 83 heavy (non-hydrogen) atoms. The third-order valence-electron chi connectivity index (χ3n) is 13.6. The summed E-state index contributed by atoms with van der Waals surface area (Å²) in [7, 11) is -13.7. The number of nitrogens with two attached hydrogens (primary N) is 1. The van der Waals surface area contributed by atoms with Crippen LogP contribution in [0.25, 0.3) is 50.4 Å². The number of carbonyl (C=O) groups excluding carboxylic acids is 2. The molecule has 0 spiro atoms. The van der Waals surface area contributed by atoms with Gasteiger partial charge in [-0.25, -0.2) is 36.0 Å². The monoisotopic (exact) mass is 1200 g/mol. The van der Waals surface area contributed by atoms with Crippen LogP contribution in [-0.4, -0.2) is 156 Å². The standard InChI is InChI=1S/C58H76N8O14S3/c1-6-64(7-2)46-18-20-48-53(40-46)80-58-50(11-10-12-51(58)65(8-3)9-4)57(48)49-21-19-47(41-54(49)82(71,72)73)81(69,70)62-28-30-77-32-34-79-36-35-78-33-31-76-29-23-56(68)61-27-26-60-55(67)22-17-44-39-52(43-15-13-42(5)14-16-43)66(63-44)45-24-37-83(59,74,75)38-25-45/h10-16,18-21,24-25,37-41,62H,6-9,17,22-23,26-36,59H2,1-5H3,(H4-,60,61,67,68,71,72,73,74,75). The molecule has 22 nitrogen and oxygen atoms in total. The molecule has 2 aliphatic heterocycles. The van der Waals surface area contributed by atoms with E-state index in [4.69, 9.17) is 33.6 Å². The highest BCUT2D eigenvalue weighted by Crippen LogP contribution is 2.46. The SMILES string of the molecule is CCN(CC)c1cccc2c(-c3ccc(S(=O)(=O)NCCOCCOCCOCCOCCC(=O)NCCNC(=O)CCc4cc(-c5ccc(C)cc5)n(C5=CC=S(N)(O)(O)C=C5)n4)cc3S(=O)(=O)[O-])c3ccc(=[N+](CC)CC)cc-3oc12. The highest BCUT2D eigenvalue weighted by Gasteiger charge is 2.27. The summed E-state index contributed by atoms with van der Waals surface area (Å²) in [6.07, 6.45) is 3.65. The quantitative estimate of drug-likeness (QED) is 0.00946. The van der Waals surface area contributed by atoms with Crippen LogP contribution in [0.2, 0.25) is 0 Å². The fourth-order valence-electron chi connectivity index (χ4n) is 9.28. The van der Waals surface area contributed by atoms with E-state index in [2.05, 4.69) is 24.8 Å². The third kappa shape index (κ3) is 17.6. The van der Waals surface area contributed by atoms with Crippen molar-refractivity contribution in [2.45, 2.75) is 63.7 Å². The lowest BCUT2D eigenvalue weighted by Crippen LogP contribution is -2.35. The summed E-state index contributed by atoms with van der Waals surface area (Å²) in [5, 5.41) is 19.8. The van der Waals surface area contributed by atoms with Gasteiger partial charge in [-0.3, -0.25) is 18.7 Å². The Morgan fingerprint density at radius 3 is 2.01 bits per heavy atom. The molecule has 3 aliphatic rings. The van der Waals surface area contributed by atoms with Gasteiger partial charge in [-0.2, -0.15) is 14.6 Å². The molecule has 1 aliphatic carbocycles. The number of aryl methyl sites for hydroxylation is 2. The number of aromatic nitrogens is 2. The topological polar surface area (TPSA) is 302 Å². The van der Waals surface area contributed by atoms with Gasteiger partial charge in [0.05, 0.1) is 91.5 Å². The van der Waals surface area contributed by atoms with Crippen LogP contribution in [0, 0.1) is 6.92 Å². The van der Waals surface area contributed by atoms with E-state index in [1.54, 1.807) is 10.7 Å². The van der Waals surface area contributed by atoms with Crippen molar-refractivity contribution in [3.63, 3.8) is 0 Å². The molecule has 3 heterocycles. The Kier molecular flexibility index (Phi) is 22.3. The Balaban J connectivity index is 0.768. The molecule has 0 fully saturated rings. The molecule has 0 atom stereocenters. The summed E-state index contributed by atoms with van der Waals surface area (Å²) in [6, 6.07) is 24.5. The maximum Gasteiger partial charge on any atom is 0.240 e. The van der Waals surface area contributed by atoms with Gasteiger partial charge < -0.3 is 43.5 Å². The van der Waals surface area contributed by atoms with Crippen LogP contribution in [-0.2, 0) is 55.1 Å². The molecule has 2 amide bonds. The summed E-state index contributed by atoms with van der Waals surface area (Å²) in [5.41, 5.74) is 6.27. The van der Waals surface area contributed by atoms with Crippen LogP contribution in [0.4, 0.5) is 5.69 Å². The first-order valence-electron chi connectivity index (χ1n) is 27.5. The number of nitrogens with zero attached hydrogens (tertiary/aromatic N) is 4. The number of amides is 2. The van der Waals surface area contributed by atoms with Crippen LogP contribution in [0.3, 0.4) is 0 Å². The Morgan fingerprint density at radius 2 is 1.40 bits per heavy atom. The molecule has 0 saturated heterocycles. The summed E-state index contributed by atoms with van der Waals surface area (Å²) < 4.78 is 122. The average molecular weight is 1210 g/mol. The van der Waals surface area contributed by atoms with Crippen molar-refractivity contribution in [2.75, 3.05) is 104 Å². The molecular formula is C58H76N8O14S3. The molecule has 0 radical (unpaired) electrons. The van der Waals surface area contributed by atoms with Gasteiger partial charge in [0.2, 0.25) is 27.2 Å². The second kappa shape index (κ2) is 28.9. The van der Waals surface area contributed by atoms with Crippen molar-refractivity contribution in [2.24, 2.45) is 5.14 Å². The summed E-state index contributed by atoms with van der Waals surface area (Å²) in [5.74, 6) is 0.0268. The Bertz CT molecular complexity index is 3640. The summed E-state index contributed by atoms with van der Waals surface area (Å²) in [6.45, 7) is 14.8. The second-order valence-electron chi connectivity index (χ2n) is 19.5. The number of nitrogens with one attached hydrogen (secondary N) is 3. The zero-order valence-electron chi connectivity index (χ0n) is 47.5. The predicted molar refractivity (Wildman–Crippen MR) is 322 cm³/mol.